The van der Waals surface area contributed by atoms with E-state index in [2.05, 4.69) is 0 Å². The normalized spacial score (nSPS) is 12.5. The van der Waals surface area contributed by atoms with Crippen LogP contribution in [0.25, 0.3) is 0 Å². The molecule has 0 amide bonds. The first-order valence-electron chi connectivity index (χ1n) is 11.8. The van der Waals surface area contributed by atoms with Gasteiger partial charge in [0.1, 0.15) is 5.75 Å². The van der Waals surface area contributed by atoms with Crippen molar-refractivity contribution in [2.75, 3.05) is 26.8 Å². The van der Waals surface area contributed by atoms with Gasteiger partial charge in [-0.05, 0) is 41.3 Å². The SMILES string of the molecule is CO[C@@H](CN(CCCOc1cccc(CC(=O)O)c1)Cc1cccc(C(F)(F)F)c1Cl)c1ccccc1. The number of benzene rings is 3. The molecular weight excluding hydrogens is 507 g/mol. The summed E-state index contributed by atoms with van der Waals surface area (Å²) in [7, 11) is 1.60. The Morgan fingerprint density at radius 1 is 1.05 bits per heavy atom. The van der Waals surface area contributed by atoms with E-state index in [1.165, 1.54) is 6.07 Å². The molecule has 9 heteroatoms. The number of methoxy groups -OCH3 is 1. The van der Waals surface area contributed by atoms with Gasteiger partial charge in [0.15, 0.2) is 0 Å². The lowest BCUT2D eigenvalue weighted by Crippen LogP contribution is -2.31. The molecule has 0 aliphatic rings. The third-order valence-corrected chi connectivity index (χ3v) is 6.25. The minimum absolute atomic E-state index is 0.0966. The van der Waals surface area contributed by atoms with Gasteiger partial charge in [-0.15, -0.1) is 0 Å². The van der Waals surface area contributed by atoms with Crippen LogP contribution in [0.15, 0.2) is 72.8 Å². The number of carboxylic acids is 1. The fraction of sp³-hybridized carbons (Fsp3) is 0.321. The molecule has 198 valence electrons. The van der Waals surface area contributed by atoms with Gasteiger partial charge in [0.05, 0.1) is 29.7 Å². The second-order valence-electron chi connectivity index (χ2n) is 8.57. The maximum atomic E-state index is 13.4. The minimum atomic E-state index is -4.54. The quantitative estimate of drug-likeness (QED) is 0.248. The predicted molar refractivity (Wildman–Crippen MR) is 136 cm³/mol. The molecule has 3 rings (SSSR count). The largest absolute Gasteiger partial charge is 0.494 e. The topological polar surface area (TPSA) is 59.0 Å². The van der Waals surface area contributed by atoms with Crippen molar-refractivity contribution in [2.45, 2.75) is 31.7 Å². The molecule has 0 heterocycles. The number of carbonyl (C=O) groups is 1. The first-order chi connectivity index (χ1) is 17.7. The van der Waals surface area contributed by atoms with Crippen molar-refractivity contribution < 1.29 is 32.5 Å². The summed E-state index contributed by atoms with van der Waals surface area (Å²) in [6, 6.07) is 20.4. The van der Waals surface area contributed by atoms with Gasteiger partial charge in [-0.3, -0.25) is 9.69 Å². The lowest BCUT2D eigenvalue weighted by molar-refractivity contribution is -0.138. The van der Waals surface area contributed by atoms with E-state index in [1.54, 1.807) is 37.4 Å². The first kappa shape index (κ1) is 28.5. The van der Waals surface area contributed by atoms with Crippen molar-refractivity contribution in [2.24, 2.45) is 0 Å². The number of nitrogens with zero attached hydrogens (tertiary/aromatic N) is 1. The van der Waals surface area contributed by atoms with E-state index >= 15 is 0 Å². The standard InChI is InChI=1S/C28H29ClF3NO4/c1-36-25(21-9-3-2-4-10-21)19-33(18-22-11-6-13-24(27(22)29)28(30,31)32)14-7-15-37-23-12-5-8-20(16-23)17-26(34)35/h2-6,8-13,16,25H,7,14-15,17-19H2,1H3,(H,34,35)/t25-/m0/s1. The molecule has 0 aromatic heterocycles. The van der Waals surface area contributed by atoms with Crippen LogP contribution in [0, 0.1) is 0 Å². The fourth-order valence-corrected chi connectivity index (χ4v) is 4.31. The zero-order valence-corrected chi connectivity index (χ0v) is 21.1. The van der Waals surface area contributed by atoms with Gasteiger partial charge in [-0.1, -0.05) is 66.2 Å². The molecule has 0 bridgehead atoms. The van der Waals surface area contributed by atoms with Gasteiger partial charge in [0.2, 0.25) is 0 Å². The van der Waals surface area contributed by atoms with Crippen LogP contribution >= 0.6 is 11.6 Å². The third kappa shape index (κ3) is 8.77. The van der Waals surface area contributed by atoms with E-state index in [4.69, 9.17) is 26.2 Å². The minimum Gasteiger partial charge on any atom is -0.494 e. The summed E-state index contributed by atoms with van der Waals surface area (Å²) in [5.74, 6) is -0.363. The molecule has 0 unspecified atom stereocenters. The summed E-state index contributed by atoms with van der Waals surface area (Å²) in [5, 5.41) is 8.68. The van der Waals surface area contributed by atoms with Crippen LogP contribution in [0.5, 0.6) is 5.75 Å². The maximum Gasteiger partial charge on any atom is 0.417 e. The van der Waals surface area contributed by atoms with Crippen LogP contribution < -0.4 is 4.74 Å². The van der Waals surface area contributed by atoms with Crippen molar-refractivity contribution in [3.63, 3.8) is 0 Å². The number of carboxylic acid groups (broad SMARTS) is 1. The van der Waals surface area contributed by atoms with Crippen LogP contribution in [0.4, 0.5) is 13.2 Å². The first-order valence-corrected chi connectivity index (χ1v) is 12.1. The Bertz CT molecular complexity index is 1160. The molecule has 0 spiro atoms. The summed E-state index contributed by atoms with van der Waals surface area (Å²) in [5.41, 5.74) is 1.11. The Balaban J connectivity index is 1.71. The molecule has 0 fully saturated rings. The van der Waals surface area contributed by atoms with E-state index < -0.39 is 17.7 Å². The zero-order valence-electron chi connectivity index (χ0n) is 20.4. The zero-order chi connectivity index (χ0) is 26.8. The fourth-order valence-electron chi connectivity index (χ4n) is 4.01. The highest BCUT2D eigenvalue weighted by atomic mass is 35.5. The Morgan fingerprint density at radius 3 is 2.46 bits per heavy atom. The molecule has 37 heavy (non-hydrogen) atoms. The smallest absolute Gasteiger partial charge is 0.417 e. The Kier molecular flexibility index (Phi) is 10.4. The van der Waals surface area contributed by atoms with Crippen LogP contribution in [0.3, 0.4) is 0 Å². The number of rotatable bonds is 13. The molecule has 0 aliphatic heterocycles. The molecule has 3 aromatic rings. The lowest BCUT2D eigenvalue weighted by Gasteiger charge is -2.28. The summed E-state index contributed by atoms with van der Waals surface area (Å²) >= 11 is 6.17. The maximum absolute atomic E-state index is 13.4. The average Bonchev–Trinajstić information content (AvgIpc) is 2.85. The summed E-state index contributed by atoms with van der Waals surface area (Å²) in [4.78, 5) is 12.9. The number of hydrogen-bond donors (Lipinski definition) is 1. The summed E-state index contributed by atoms with van der Waals surface area (Å²) in [6.45, 7) is 1.48. The molecule has 0 aliphatic carbocycles. The molecular formula is C28H29ClF3NO4. The third-order valence-electron chi connectivity index (χ3n) is 5.80. The average molecular weight is 536 g/mol. The van der Waals surface area contributed by atoms with Gasteiger partial charge >= 0.3 is 12.1 Å². The van der Waals surface area contributed by atoms with E-state index in [0.29, 0.717) is 43.0 Å². The number of aliphatic carboxylic acids is 1. The van der Waals surface area contributed by atoms with Gasteiger partial charge in [0, 0.05) is 26.7 Å². The second kappa shape index (κ2) is 13.5. The van der Waals surface area contributed by atoms with Crippen molar-refractivity contribution in [3.05, 3.63) is 100 Å². The summed E-state index contributed by atoms with van der Waals surface area (Å²) < 4.78 is 51.7. The van der Waals surface area contributed by atoms with Crippen LogP contribution in [-0.2, 0) is 28.7 Å². The van der Waals surface area contributed by atoms with E-state index in [1.807, 2.05) is 35.2 Å². The number of halogens is 4. The van der Waals surface area contributed by atoms with E-state index in [0.717, 1.165) is 11.6 Å². The van der Waals surface area contributed by atoms with E-state index in [9.17, 15) is 18.0 Å². The Hall–Kier alpha value is -3.07. The molecule has 1 atom stereocenters. The van der Waals surface area contributed by atoms with Crippen LogP contribution in [-0.4, -0.2) is 42.8 Å². The van der Waals surface area contributed by atoms with Gasteiger partial charge in [0.25, 0.3) is 0 Å². The van der Waals surface area contributed by atoms with Crippen LogP contribution in [0.2, 0.25) is 5.02 Å². The van der Waals surface area contributed by atoms with Crippen LogP contribution in [0.1, 0.15) is 34.8 Å². The lowest BCUT2D eigenvalue weighted by atomic mass is 10.1. The second-order valence-corrected chi connectivity index (χ2v) is 8.94. The monoisotopic (exact) mass is 535 g/mol. The highest BCUT2D eigenvalue weighted by Gasteiger charge is 2.34. The molecule has 0 radical (unpaired) electrons. The predicted octanol–water partition coefficient (Wildman–Crippen LogP) is 6.64. The summed E-state index contributed by atoms with van der Waals surface area (Å²) in [6.07, 6.45) is -4.36. The molecule has 3 aromatic carbocycles. The highest BCUT2D eigenvalue weighted by Crippen LogP contribution is 2.36. The molecule has 0 saturated carbocycles. The Morgan fingerprint density at radius 2 is 1.78 bits per heavy atom. The van der Waals surface area contributed by atoms with Crippen molar-refractivity contribution in [1.29, 1.82) is 0 Å². The van der Waals surface area contributed by atoms with Crippen molar-refractivity contribution in [3.8, 4) is 5.75 Å². The molecule has 5 nitrogen and oxygen atoms in total. The van der Waals surface area contributed by atoms with E-state index in [-0.39, 0.29) is 24.1 Å². The Labute approximate surface area is 219 Å². The number of hydrogen-bond acceptors (Lipinski definition) is 4. The highest BCUT2D eigenvalue weighted by molar-refractivity contribution is 6.32. The molecule has 1 N–H and O–H groups in total. The van der Waals surface area contributed by atoms with Gasteiger partial charge in [-0.2, -0.15) is 13.2 Å². The van der Waals surface area contributed by atoms with Gasteiger partial charge < -0.3 is 14.6 Å². The molecule has 0 saturated heterocycles. The number of alkyl halides is 3. The van der Waals surface area contributed by atoms with Crippen molar-refractivity contribution in [1.82, 2.24) is 4.90 Å². The number of ether oxygens (including phenoxy) is 2. The van der Waals surface area contributed by atoms with Gasteiger partial charge in [-0.25, -0.2) is 0 Å². The van der Waals surface area contributed by atoms with Crippen molar-refractivity contribution >= 4 is 17.6 Å².